The van der Waals surface area contributed by atoms with Crippen molar-refractivity contribution in [3.63, 3.8) is 0 Å². The van der Waals surface area contributed by atoms with Gasteiger partial charge >= 0.3 is 6.18 Å². The van der Waals surface area contributed by atoms with Crippen LogP contribution >= 0.6 is 12.2 Å². The van der Waals surface area contributed by atoms with Crippen molar-refractivity contribution in [2.75, 3.05) is 19.0 Å². The first-order chi connectivity index (χ1) is 15.6. The van der Waals surface area contributed by atoms with E-state index in [0.717, 1.165) is 12.1 Å². The van der Waals surface area contributed by atoms with Crippen molar-refractivity contribution >= 4 is 46.8 Å². The minimum absolute atomic E-state index is 0.0316. The average molecular weight is 479 g/mol. The van der Waals surface area contributed by atoms with Crippen LogP contribution in [0.3, 0.4) is 0 Å². The van der Waals surface area contributed by atoms with E-state index in [2.05, 4.69) is 16.0 Å². The van der Waals surface area contributed by atoms with Crippen molar-refractivity contribution in [1.29, 1.82) is 0 Å². The van der Waals surface area contributed by atoms with Crippen LogP contribution in [0.25, 0.3) is 6.08 Å². The zero-order valence-corrected chi connectivity index (χ0v) is 17.7. The predicted octanol–water partition coefficient (Wildman–Crippen LogP) is 2.65. The molecule has 8 nitrogen and oxygen atoms in total. The Morgan fingerprint density at radius 3 is 2.42 bits per heavy atom. The summed E-state index contributed by atoms with van der Waals surface area (Å²) in [5.74, 6) is -1.64. The van der Waals surface area contributed by atoms with E-state index in [9.17, 15) is 27.6 Å². The highest BCUT2D eigenvalue weighted by Crippen LogP contribution is 2.31. The highest BCUT2D eigenvalue weighted by atomic mass is 32.1. The Kier molecular flexibility index (Phi) is 6.97. The third-order valence-electron chi connectivity index (χ3n) is 4.27. The Morgan fingerprint density at radius 2 is 1.79 bits per heavy atom. The van der Waals surface area contributed by atoms with Gasteiger partial charge in [-0.05, 0) is 54.2 Å². The molecular formula is C21H16F3N3O5S. The van der Waals surface area contributed by atoms with E-state index in [1.165, 1.54) is 43.5 Å². The monoisotopic (exact) mass is 479 g/mol. The fourth-order valence-electron chi connectivity index (χ4n) is 2.78. The number of thiocarbonyl (C=S) groups is 1. The number of carbonyl (C=O) groups excluding carboxylic acids is 3. The van der Waals surface area contributed by atoms with Crippen LogP contribution in [0.4, 0.5) is 18.9 Å². The Balaban J connectivity index is 1.68. The lowest BCUT2D eigenvalue weighted by Crippen LogP contribution is -2.51. The Labute approximate surface area is 190 Å². The molecule has 172 valence electrons. The summed E-state index contributed by atoms with van der Waals surface area (Å²) in [5.41, 5.74) is -0.661. The minimum atomic E-state index is -4.54. The number of anilines is 1. The highest BCUT2D eigenvalue weighted by Gasteiger charge is 2.30. The van der Waals surface area contributed by atoms with Gasteiger partial charge in [-0.1, -0.05) is 12.1 Å². The number of halogens is 3. The first-order valence-corrected chi connectivity index (χ1v) is 9.64. The molecule has 0 unspecified atom stereocenters. The van der Waals surface area contributed by atoms with Gasteiger partial charge < -0.3 is 14.8 Å². The van der Waals surface area contributed by atoms with Crippen LogP contribution in [0.5, 0.6) is 11.5 Å². The summed E-state index contributed by atoms with van der Waals surface area (Å²) in [4.78, 5) is 36.0. The van der Waals surface area contributed by atoms with E-state index < -0.39 is 36.1 Å². The molecule has 12 heteroatoms. The van der Waals surface area contributed by atoms with Crippen molar-refractivity contribution in [3.05, 3.63) is 59.2 Å². The van der Waals surface area contributed by atoms with Gasteiger partial charge in [-0.25, -0.2) is 0 Å². The van der Waals surface area contributed by atoms with Gasteiger partial charge in [0.2, 0.25) is 0 Å². The molecule has 0 aliphatic carbocycles. The van der Waals surface area contributed by atoms with Gasteiger partial charge in [0.05, 0.1) is 12.7 Å². The number of methoxy groups -OCH3 is 1. The van der Waals surface area contributed by atoms with Crippen LogP contribution in [-0.2, 0) is 20.6 Å². The van der Waals surface area contributed by atoms with E-state index in [0.29, 0.717) is 5.56 Å². The lowest BCUT2D eigenvalue weighted by atomic mass is 10.1. The first-order valence-electron chi connectivity index (χ1n) is 9.23. The summed E-state index contributed by atoms with van der Waals surface area (Å²) >= 11 is 4.74. The van der Waals surface area contributed by atoms with Crippen LogP contribution in [0.2, 0.25) is 0 Å². The number of benzene rings is 2. The Bertz CT molecular complexity index is 1140. The number of rotatable bonds is 6. The van der Waals surface area contributed by atoms with Crippen LogP contribution in [0.1, 0.15) is 11.1 Å². The maximum absolute atomic E-state index is 12.8. The SMILES string of the molecule is COc1cc(C=C2C(=O)NC(=S)NC2=O)ccc1OCC(=O)Nc1cccc(C(F)(F)F)c1. The Morgan fingerprint density at radius 1 is 1.09 bits per heavy atom. The zero-order valence-electron chi connectivity index (χ0n) is 16.9. The third kappa shape index (κ3) is 6.07. The van der Waals surface area contributed by atoms with Crippen LogP contribution in [-0.4, -0.2) is 36.6 Å². The molecule has 3 amide bonds. The van der Waals surface area contributed by atoms with Gasteiger partial charge in [0, 0.05) is 5.69 Å². The van der Waals surface area contributed by atoms with Crippen LogP contribution in [0.15, 0.2) is 48.0 Å². The molecule has 1 heterocycles. The molecule has 1 aliphatic rings. The van der Waals surface area contributed by atoms with Crippen LogP contribution in [0, 0.1) is 0 Å². The fourth-order valence-corrected chi connectivity index (χ4v) is 2.97. The maximum Gasteiger partial charge on any atom is 0.416 e. The molecule has 0 aromatic heterocycles. The maximum atomic E-state index is 12.8. The number of hydrogen-bond donors (Lipinski definition) is 3. The number of carbonyl (C=O) groups is 3. The highest BCUT2D eigenvalue weighted by molar-refractivity contribution is 7.80. The molecule has 3 rings (SSSR count). The minimum Gasteiger partial charge on any atom is -0.493 e. The normalized spacial score (nSPS) is 13.7. The van der Waals surface area contributed by atoms with Gasteiger partial charge in [-0.15, -0.1) is 0 Å². The number of amides is 3. The second kappa shape index (κ2) is 9.69. The van der Waals surface area contributed by atoms with Gasteiger partial charge in [0.25, 0.3) is 17.7 Å². The van der Waals surface area contributed by atoms with E-state index >= 15 is 0 Å². The molecule has 2 aromatic rings. The van der Waals surface area contributed by atoms with Crippen molar-refractivity contribution in [3.8, 4) is 11.5 Å². The summed E-state index contributed by atoms with van der Waals surface area (Å²) in [6, 6.07) is 8.64. The number of nitrogens with one attached hydrogen (secondary N) is 3. The molecule has 3 N–H and O–H groups in total. The molecule has 0 saturated carbocycles. The molecule has 33 heavy (non-hydrogen) atoms. The second-order valence-electron chi connectivity index (χ2n) is 6.62. The second-order valence-corrected chi connectivity index (χ2v) is 7.03. The standard InChI is InChI=1S/C21H16F3N3O5S/c1-31-16-8-11(7-14-18(29)26-20(33)27-19(14)30)5-6-15(16)32-10-17(28)25-13-4-2-3-12(9-13)21(22,23)24/h2-9H,10H2,1H3,(H,25,28)(H2,26,27,29,30,33). The Hall–Kier alpha value is -3.93. The fraction of sp³-hybridized carbons (Fsp3) is 0.143. The summed E-state index contributed by atoms with van der Waals surface area (Å²) < 4.78 is 49.0. The van der Waals surface area contributed by atoms with Crippen LogP contribution < -0.4 is 25.4 Å². The van der Waals surface area contributed by atoms with E-state index in [-0.39, 0.29) is 27.9 Å². The first kappa shape index (κ1) is 23.7. The van der Waals surface area contributed by atoms with E-state index in [1.54, 1.807) is 0 Å². The molecule has 1 saturated heterocycles. The molecular weight excluding hydrogens is 463 g/mol. The molecule has 0 spiro atoms. The molecule has 1 fully saturated rings. The molecule has 0 radical (unpaired) electrons. The largest absolute Gasteiger partial charge is 0.493 e. The predicted molar refractivity (Wildman–Crippen MR) is 115 cm³/mol. The van der Waals surface area contributed by atoms with Crippen molar-refractivity contribution in [2.24, 2.45) is 0 Å². The van der Waals surface area contributed by atoms with Crippen molar-refractivity contribution in [2.45, 2.75) is 6.18 Å². The number of alkyl halides is 3. The van der Waals surface area contributed by atoms with E-state index in [4.69, 9.17) is 21.7 Å². The van der Waals surface area contributed by atoms with Gasteiger partial charge in [0.15, 0.2) is 23.2 Å². The van der Waals surface area contributed by atoms with Crippen molar-refractivity contribution < 1.29 is 37.0 Å². The van der Waals surface area contributed by atoms with Gasteiger partial charge in [0.1, 0.15) is 5.57 Å². The summed E-state index contributed by atoms with van der Waals surface area (Å²) in [5, 5.41) is 6.86. The zero-order chi connectivity index (χ0) is 24.2. The van der Waals surface area contributed by atoms with Crippen molar-refractivity contribution in [1.82, 2.24) is 10.6 Å². The average Bonchev–Trinajstić information content (AvgIpc) is 2.74. The summed E-state index contributed by atoms with van der Waals surface area (Å²) in [6.07, 6.45) is -3.22. The lowest BCUT2D eigenvalue weighted by molar-refractivity contribution is -0.137. The smallest absolute Gasteiger partial charge is 0.416 e. The molecule has 2 aromatic carbocycles. The molecule has 0 atom stereocenters. The van der Waals surface area contributed by atoms with Gasteiger partial charge in [-0.3, -0.25) is 25.0 Å². The number of hydrogen-bond acceptors (Lipinski definition) is 6. The summed E-state index contributed by atoms with van der Waals surface area (Å²) in [6.45, 7) is -0.505. The molecule has 0 bridgehead atoms. The molecule has 1 aliphatic heterocycles. The van der Waals surface area contributed by atoms with Gasteiger partial charge in [-0.2, -0.15) is 13.2 Å². The number of ether oxygens (including phenoxy) is 2. The summed E-state index contributed by atoms with van der Waals surface area (Å²) in [7, 11) is 1.35. The topological polar surface area (TPSA) is 106 Å². The van der Waals surface area contributed by atoms with E-state index in [1.807, 2.05) is 0 Å². The lowest BCUT2D eigenvalue weighted by Gasteiger charge is -2.16. The third-order valence-corrected chi connectivity index (χ3v) is 4.48. The quantitative estimate of drug-likeness (QED) is 0.334.